The molecular formula is C25H26FN3O3. The molecule has 2 aromatic carbocycles. The molecule has 1 aromatic heterocycles. The smallest absolute Gasteiger partial charge is 0.225 e. The highest BCUT2D eigenvalue weighted by Crippen LogP contribution is 2.39. The first kappa shape index (κ1) is 20.4. The highest BCUT2D eigenvalue weighted by molar-refractivity contribution is 5.82. The first-order chi connectivity index (χ1) is 15.6. The van der Waals surface area contributed by atoms with E-state index in [-0.39, 0.29) is 23.7 Å². The second-order valence-electron chi connectivity index (χ2n) is 8.29. The van der Waals surface area contributed by atoms with Crippen molar-refractivity contribution in [1.29, 1.82) is 0 Å². The van der Waals surface area contributed by atoms with Gasteiger partial charge in [-0.1, -0.05) is 6.07 Å². The third kappa shape index (κ3) is 3.90. The number of methoxy groups -OCH3 is 1. The zero-order valence-electron chi connectivity index (χ0n) is 18.0. The number of nitrogens with one attached hydrogen (secondary N) is 1. The number of carbonyl (C=O) groups excluding carboxylic acids is 1. The van der Waals surface area contributed by atoms with E-state index < -0.39 is 0 Å². The molecule has 1 N–H and O–H groups in total. The Labute approximate surface area is 186 Å². The number of halogens is 1. The molecular weight excluding hydrogens is 409 g/mol. The normalized spacial score (nSPS) is 19.8. The van der Waals surface area contributed by atoms with Crippen molar-refractivity contribution in [2.24, 2.45) is 5.92 Å². The Morgan fingerprint density at radius 3 is 2.78 bits per heavy atom. The summed E-state index contributed by atoms with van der Waals surface area (Å²) in [6.07, 6.45) is 2.26. The molecule has 3 aromatic rings. The lowest BCUT2D eigenvalue weighted by Gasteiger charge is -2.49. The van der Waals surface area contributed by atoms with E-state index in [2.05, 4.69) is 27.2 Å². The van der Waals surface area contributed by atoms with Crippen molar-refractivity contribution in [3.8, 4) is 5.75 Å². The summed E-state index contributed by atoms with van der Waals surface area (Å²) in [5.74, 6) is 1.09. The second-order valence-corrected chi connectivity index (χ2v) is 8.29. The van der Waals surface area contributed by atoms with Crippen LogP contribution in [0.1, 0.15) is 11.3 Å². The van der Waals surface area contributed by atoms with Crippen molar-refractivity contribution in [3.63, 3.8) is 0 Å². The minimum atomic E-state index is -0.249. The van der Waals surface area contributed by atoms with E-state index in [1.165, 1.54) is 12.1 Å². The number of hydrogen-bond acceptors (Lipinski definition) is 5. The Bertz CT molecular complexity index is 1080. The number of rotatable bonds is 5. The zero-order valence-corrected chi connectivity index (χ0v) is 18.0. The average molecular weight is 435 g/mol. The standard InChI is InChI=1S/C25H26FN3O3/c1-31-20-9-4-17-13-22(25(30)27-15-21-3-2-12-32-21)24-16-28(10-11-29(24)23(17)14-20)19-7-5-18(26)6-8-19/h2-9,12,14,22,24H,10-11,13,15-16H2,1H3,(H,27,30)/t22-,24-/m1/s1. The van der Waals surface area contributed by atoms with E-state index in [0.717, 1.165) is 41.5 Å². The molecule has 3 heterocycles. The highest BCUT2D eigenvalue weighted by Gasteiger charge is 2.41. The quantitative estimate of drug-likeness (QED) is 0.664. The molecule has 0 bridgehead atoms. The Morgan fingerprint density at radius 2 is 2.03 bits per heavy atom. The summed E-state index contributed by atoms with van der Waals surface area (Å²) >= 11 is 0. The monoisotopic (exact) mass is 435 g/mol. The molecule has 166 valence electrons. The molecule has 0 aliphatic carbocycles. The van der Waals surface area contributed by atoms with Crippen molar-refractivity contribution in [1.82, 2.24) is 5.32 Å². The number of hydrogen-bond donors (Lipinski definition) is 1. The lowest BCUT2D eigenvalue weighted by Crippen LogP contribution is -2.61. The molecule has 1 fully saturated rings. The number of fused-ring (bicyclic) bond motifs is 3. The fourth-order valence-electron chi connectivity index (χ4n) is 4.81. The molecule has 0 radical (unpaired) electrons. The van der Waals surface area contributed by atoms with Crippen LogP contribution in [0.15, 0.2) is 65.3 Å². The van der Waals surface area contributed by atoms with E-state index in [9.17, 15) is 9.18 Å². The van der Waals surface area contributed by atoms with Crippen LogP contribution in [0.3, 0.4) is 0 Å². The fraction of sp³-hybridized carbons (Fsp3) is 0.320. The van der Waals surface area contributed by atoms with Gasteiger partial charge in [-0.25, -0.2) is 4.39 Å². The molecule has 1 saturated heterocycles. The lowest BCUT2D eigenvalue weighted by molar-refractivity contribution is -0.126. The van der Waals surface area contributed by atoms with Crippen molar-refractivity contribution in [3.05, 3.63) is 78.0 Å². The average Bonchev–Trinajstić information content (AvgIpc) is 3.35. The van der Waals surface area contributed by atoms with E-state index in [1.807, 2.05) is 18.2 Å². The summed E-state index contributed by atoms with van der Waals surface area (Å²) in [5, 5.41) is 3.05. The fourth-order valence-corrected chi connectivity index (χ4v) is 4.81. The molecule has 32 heavy (non-hydrogen) atoms. The number of furan rings is 1. The van der Waals surface area contributed by atoms with Gasteiger partial charge in [-0.3, -0.25) is 4.79 Å². The Kier molecular flexibility index (Phi) is 5.47. The number of nitrogens with zero attached hydrogens (tertiary/aromatic N) is 2. The van der Waals surface area contributed by atoms with Gasteiger partial charge in [0.15, 0.2) is 0 Å². The van der Waals surface area contributed by atoms with Crippen LogP contribution in [-0.2, 0) is 17.8 Å². The summed E-state index contributed by atoms with van der Waals surface area (Å²) in [6.45, 7) is 2.61. The number of carbonyl (C=O) groups is 1. The van der Waals surface area contributed by atoms with Crippen molar-refractivity contribution < 1.29 is 18.3 Å². The van der Waals surface area contributed by atoms with Crippen LogP contribution in [-0.4, -0.2) is 38.7 Å². The van der Waals surface area contributed by atoms with Gasteiger partial charge in [-0.2, -0.15) is 0 Å². The molecule has 2 aliphatic rings. The van der Waals surface area contributed by atoms with Gasteiger partial charge in [0, 0.05) is 37.1 Å². The highest BCUT2D eigenvalue weighted by atomic mass is 19.1. The predicted octanol–water partition coefficient (Wildman–Crippen LogP) is 3.61. The number of anilines is 2. The summed E-state index contributed by atoms with van der Waals surface area (Å²) in [4.78, 5) is 17.9. The van der Waals surface area contributed by atoms with E-state index >= 15 is 0 Å². The van der Waals surface area contributed by atoms with Gasteiger partial charge >= 0.3 is 0 Å². The van der Waals surface area contributed by atoms with Crippen molar-refractivity contribution in [2.45, 2.75) is 19.0 Å². The minimum Gasteiger partial charge on any atom is -0.497 e. The van der Waals surface area contributed by atoms with Gasteiger partial charge in [0.2, 0.25) is 5.91 Å². The largest absolute Gasteiger partial charge is 0.497 e. The third-order valence-electron chi connectivity index (χ3n) is 6.47. The SMILES string of the molecule is COc1ccc2c(c1)N1CCN(c3ccc(F)cc3)C[C@@H]1[C@H](C(=O)NCc1ccco1)C2. The molecule has 2 aliphatic heterocycles. The van der Waals surface area contributed by atoms with Crippen LogP contribution >= 0.6 is 0 Å². The van der Waals surface area contributed by atoms with Crippen LogP contribution in [0.5, 0.6) is 5.75 Å². The Hall–Kier alpha value is -3.48. The van der Waals surface area contributed by atoms with Gasteiger partial charge < -0.3 is 24.3 Å². The van der Waals surface area contributed by atoms with Crippen molar-refractivity contribution in [2.75, 3.05) is 36.5 Å². The van der Waals surface area contributed by atoms with Crippen LogP contribution < -0.4 is 19.9 Å². The maximum atomic E-state index is 13.4. The number of amides is 1. The zero-order chi connectivity index (χ0) is 22.1. The first-order valence-corrected chi connectivity index (χ1v) is 10.9. The maximum absolute atomic E-state index is 13.4. The van der Waals surface area contributed by atoms with Crippen LogP contribution in [0.2, 0.25) is 0 Å². The van der Waals surface area contributed by atoms with Crippen LogP contribution in [0.25, 0.3) is 0 Å². The summed E-state index contributed by atoms with van der Waals surface area (Å²) < 4.78 is 24.2. The molecule has 0 spiro atoms. The van der Waals surface area contributed by atoms with E-state index in [4.69, 9.17) is 9.15 Å². The van der Waals surface area contributed by atoms with Crippen molar-refractivity contribution >= 4 is 17.3 Å². The molecule has 1 amide bonds. The lowest BCUT2D eigenvalue weighted by atomic mass is 9.83. The molecule has 5 rings (SSSR count). The van der Waals surface area contributed by atoms with E-state index in [0.29, 0.717) is 19.5 Å². The third-order valence-corrected chi connectivity index (χ3v) is 6.47. The minimum absolute atomic E-state index is 0.00925. The summed E-state index contributed by atoms with van der Waals surface area (Å²) in [6, 6.07) is 16.3. The number of piperazine rings is 1. The van der Waals surface area contributed by atoms with Gasteiger partial charge in [0.05, 0.1) is 31.9 Å². The summed E-state index contributed by atoms with van der Waals surface area (Å²) in [5.41, 5.74) is 3.25. The van der Waals surface area contributed by atoms with Crippen LogP contribution in [0, 0.1) is 11.7 Å². The predicted molar refractivity (Wildman–Crippen MR) is 120 cm³/mol. The van der Waals surface area contributed by atoms with Gasteiger partial charge in [0.25, 0.3) is 0 Å². The molecule has 0 saturated carbocycles. The van der Waals surface area contributed by atoms with Gasteiger partial charge in [-0.05, 0) is 54.4 Å². The van der Waals surface area contributed by atoms with E-state index in [1.54, 1.807) is 25.5 Å². The Balaban J connectivity index is 1.43. The molecule has 7 heteroatoms. The number of benzene rings is 2. The van der Waals surface area contributed by atoms with Gasteiger partial charge in [-0.15, -0.1) is 0 Å². The molecule has 0 unspecified atom stereocenters. The Morgan fingerprint density at radius 1 is 1.19 bits per heavy atom. The number of ether oxygens (including phenoxy) is 1. The summed E-state index contributed by atoms with van der Waals surface area (Å²) in [7, 11) is 1.67. The van der Waals surface area contributed by atoms with Crippen LogP contribution in [0.4, 0.5) is 15.8 Å². The maximum Gasteiger partial charge on any atom is 0.225 e. The van der Waals surface area contributed by atoms with Gasteiger partial charge in [0.1, 0.15) is 17.3 Å². The topological polar surface area (TPSA) is 58.0 Å². The molecule has 2 atom stereocenters. The first-order valence-electron chi connectivity index (χ1n) is 10.9. The molecule has 6 nitrogen and oxygen atoms in total. The second kappa shape index (κ2) is 8.57.